The Balaban J connectivity index is 2.04. The van der Waals surface area contributed by atoms with E-state index >= 15 is 0 Å². The maximum absolute atomic E-state index is 12.2. The summed E-state index contributed by atoms with van der Waals surface area (Å²) in [6.07, 6.45) is 3.93. The molecule has 1 aromatic carbocycles. The first kappa shape index (κ1) is 15.5. The molecule has 3 nitrogen and oxygen atoms in total. The molecule has 0 aromatic heterocycles. The Labute approximate surface area is 133 Å². The molecule has 0 atom stereocenters. The van der Waals surface area contributed by atoms with Gasteiger partial charge in [0.2, 0.25) is 5.91 Å². The summed E-state index contributed by atoms with van der Waals surface area (Å²) in [5, 5.41) is 3.92. The molecular formula is C14H16Cl2N2OS. The number of hydrogen-bond acceptors (Lipinski definition) is 2. The summed E-state index contributed by atoms with van der Waals surface area (Å²) in [6.45, 7) is 0. The third-order valence-corrected chi connectivity index (χ3v) is 4.79. The second-order valence-electron chi connectivity index (χ2n) is 5.13. The average molecular weight is 331 g/mol. The molecule has 1 aliphatic rings. The SMILES string of the molecule is NC(=S)C1(NC(=O)Cc2ccc(Cl)c(Cl)c2)CCCC1. The molecule has 0 unspecified atom stereocenters. The van der Waals surface area contributed by atoms with E-state index in [1.807, 2.05) is 0 Å². The lowest BCUT2D eigenvalue weighted by atomic mass is 9.97. The lowest BCUT2D eigenvalue weighted by Crippen LogP contribution is -2.55. The van der Waals surface area contributed by atoms with E-state index in [2.05, 4.69) is 5.32 Å². The van der Waals surface area contributed by atoms with Crippen molar-refractivity contribution in [1.29, 1.82) is 0 Å². The normalized spacial score (nSPS) is 16.9. The van der Waals surface area contributed by atoms with Crippen molar-refractivity contribution in [3.63, 3.8) is 0 Å². The van der Waals surface area contributed by atoms with Crippen molar-refractivity contribution in [2.24, 2.45) is 5.73 Å². The van der Waals surface area contributed by atoms with Crippen LogP contribution in [-0.2, 0) is 11.2 Å². The van der Waals surface area contributed by atoms with Crippen LogP contribution >= 0.6 is 35.4 Å². The predicted octanol–water partition coefficient (Wildman–Crippen LogP) is 3.25. The predicted molar refractivity (Wildman–Crippen MR) is 86.3 cm³/mol. The van der Waals surface area contributed by atoms with Crippen LogP contribution in [0.5, 0.6) is 0 Å². The molecule has 0 radical (unpaired) electrons. The zero-order valence-corrected chi connectivity index (χ0v) is 13.2. The van der Waals surface area contributed by atoms with Crippen LogP contribution < -0.4 is 11.1 Å². The van der Waals surface area contributed by atoms with Gasteiger partial charge in [-0.05, 0) is 30.5 Å². The van der Waals surface area contributed by atoms with E-state index in [-0.39, 0.29) is 12.3 Å². The molecular weight excluding hydrogens is 315 g/mol. The van der Waals surface area contributed by atoms with Crippen molar-refractivity contribution in [3.8, 4) is 0 Å². The van der Waals surface area contributed by atoms with Crippen molar-refractivity contribution in [3.05, 3.63) is 33.8 Å². The van der Waals surface area contributed by atoms with Crippen LogP contribution in [0.4, 0.5) is 0 Å². The van der Waals surface area contributed by atoms with Gasteiger partial charge in [-0.1, -0.05) is 54.3 Å². The van der Waals surface area contributed by atoms with Crippen LogP contribution in [0.25, 0.3) is 0 Å². The van der Waals surface area contributed by atoms with Gasteiger partial charge in [0.05, 0.1) is 27.0 Å². The van der Waals surface area contributed by atoms with Crippen molar-refractivity contribution in [1.82, 2.24) is 5.32 Å². The number of rotatable bonds is 4. The molecule has 0 bridgehead atoms. The van der Waals surface area contributed by atoms with E-state index in [0.29, 0.717) is 15.0 Å². The van der Waals surface area contributed by atoms with E-state index in [0.717, 1.165) is 31.2 Å². The number of hydrogen-bond donors (Lipinski definition) is 2. The highest BCUT2D eigenvalue weighted by atomic mass is 35.5. The van der Waals surface area contributed by atoms with Crippen LogP contribution in [0.2, 0.25) is 10.0 Å². The third kappa shape index (κ3) is 3.43. The zero-order valence-electron chi connectivity index (χ0n) is 10.9. The molecule has 2 rings (SSSR count). The molecule has 1 aliphatic carbocycles. The van der Waals surface area contributed by atoms with Gasteiger partial charge in [-0.15, -0.1) is 0 Å². The average Bonchev–Trinajstić information content (AvgIpc) is 2.83. The summed E-state index contributed by atoms with van der Waals surface area (Å²) in [7, 11) is 0. The largest absolute Gasteiger partial charge is 0.391 e. The fourth-order valence-electron chi connectivity index (χ4n) is 2.56. The summed E-state index contributed by atoms with van der Waals surface area (Å²) in [4.78, 5) is 12.5. The Morgan fingerprint density at radius 2 is 1.95 bits per heavy atom. The Morgan fingerprint density at radius 1 is 1.30 bits per heavy atom. The van der Waals surface area contributed by atoms with Gasteiger partial charge in [0.1, 0.15) is 0 Å². The van der Waals surface area contributed by atoms with Crippen LogP contribution in [0, 0.1) is 0 Å². The molecule has 6 heteroatoms. The van der Waals surface area contributed by atoms with Crippen LogP contribution in [-0.4, -0.2) is 16.4 Å². The minimum Gasteiger partial charge on any atom is -0.391 e. The Morgan fingerprint density at radius 3 is 2.50 bits per heavy atom. The van der Waals surface area contributed by atoms with Crippen molar-refractivity contribution < 1.29 is 4.79 Å². The van der Waals surface area contributed by atoms with Crippen molar-refractivity contribution in [2.75, 3.05) is 0 Å². The standard InChI is InChI=1S/C14H16Cl2N2OS/c15-10-4-3-9(7-11(10)16)8-12(19)18-14(13(17)20)5-1-2-6-14/h3-4,7H,1-2,5-6,8H2,(H2,17,20)(H,18,19). The van der Waals surface area contributed by atoms with E-state index in [9.17, 15) is 4.79 Å². The highest BCUT2D eigenvalue weighted by Gasteiger charge is 2.37. The number of thiocarbonyl (C=S) groups is 1. The lowest BCUT2D eigenvalue weighted by molar-refractivity contribution is -0.121. The first-order chi connectivity index (χ1) is 9.43. The molecule has 0 aliphatic heterocycles. The van der Waals surface area contributed by atoms with Gasteiger partial charge in [0.15, 0.2) is 0 Å². The van der Waals surface area contributed by atoms with Gasteiger partial charge in [-0.2, -0.15) is 0 Å². The van der Waals surface area contributed by atoms with Crippen molar-refractivity contribution in [2.45, 2.75) is 37.6 Å². The first-order valence-corrected chi connectivity index (χ1v) is 7.64. The number of carbonyl (C=O) groups is 1. The lowest BCUT2D eigenvalue weighted by Gasteiger charge is -2.29. The third-order valence-electron chi connectivity index (χ3n) is 3.66. The number of nitrogens with one attached hydrogen (secondary N) is 1. The molecule has 0 saturated heterocycles. The van der Waals surface area contributed by atoms with Crippen LogP contribution in [0.3, 0.4) is 0 Å². The smallest absolute Gasteiger partial charge is 0.225 e. The van der Waals surface area contributed by atoms with Crippen LogP contribution in [0.15, 0.2) is 18.2 Å². The molecule has 108 valence electrons. The summed E-state index contributed by atoms with van der Waals surface area (Å²) in [6, 6.07) is 5.17. The number of nitrogens with two attached hydrogens (primary N) is 1. The Kier molecular flexibility index (Phi) is 4.89. The van der Waals surface area contributed by atoms with Gasteiger partial charge in [0.25, 0.3) is 0 Å². The van der Waals surface area contributed by atoms with Gasteiger partial charge in [-0.25, -0.2) is 0 Å². The van der Waals surface area contributed by atoms with Crippen molar-refractivity contribution >= 4 is 46.3 Å². The zero-order chi connectivity index (χ0) is 14.8. The molecule has 3 N–H and O–H groups in total. The molecule has 20 heavy (non-hydrogen) atoms. The number of carbonyl (C=O) groups excluding carboxylic acids is 1. The molecule has 1 fully saturated rings. The first-order valence-electron chi connectivity index (χ1n) is 6.48. The van der Waals surface area contributed by atoms with E-state index in [4.69, 9.17) is 41.2 Å². The Hall–Kier alpha value is -0.840. The summed E-state index contributed by atoms with van der Waals surface area (Å²) in [5.74, 6) is -0.0990. The van der Waals surface area contributed by atoms with Gasteiger partial charge >= 0.3 is 0 Å². The molecule has 1 aromatic rings. The Bertz CT molecular complexity index is 542. The molecule has 1 saturated carbocycles. The summed E-state index contributed by atoms with van der Waals surface area (Å²) < 4.78 is 0. The van der Waals surface area contributed by atoms with Gasteiger partial charge < -0.3 is 11.1 Å². The monoisotopic (exact) mass is 330 g/mol. The van der Waals surface area contributed by atoms with Gasteiger partial charge in [-0.3, -0.25) is 4.79 Å². The second-order valence-corrected chi connectivity index (χ2v) is 6.38. The fraction of sp³-hybridized carbons (Fsp3) is 0.429. The van der Waals surface area contributed by atoms with Crippen LogP contribution in [0.1, 0.15) is 31.2 Å². The topological polar surface area (TPSA) is 55.1 Å². The highest BCUT2D eigenvalue weighted by Crippen LogP contribution is 2.30. The number of halogens is 2. The maximum Gasteiger partial charge on any atom is 0.225 e. The minimum atomic E-state index is -0.511. The number of benzene rings is 1. The molecule has 0 spiro atoms. The maximum atomic E-state index is 12.2. The summed E-state index contributed by atoms with van der Waals surface area (Å²) in [5.41, 5.74) is 6.10. The van der Waals surface area contributed by atoms with E-state index < -0.39 is 5.54 Å². The van der Waals surface area contributed by atoms with E-state index in [1.165, 1.54) is 0 Å². The fourth-order valence-corrected chi connectivity index (χ4v) is 3.13. The second kappa shape index (κ2) is 6.29. The molecule has 0 heterocycles. The van der Waals surface area contributed by atoms with Gasteiger partial charge in [0, 0.05) is 0 Å². The summed E-state index contributed by atoms with van der Waals surface area (Å²) >= 11 is 16.9. The quantitative estimate of drug-likeness (QED) is 0.833. The van der Waals surface area contributed by atoms with E-state index in [1.54, 1.807) is 18.2 Å². The highest BCUT2D eigenvalue weighted by molar-refractivity contribution is 7.80. The molecule has 1 amide bonds. The minimum absolute atomic E-state index is 0.0990. The number of amides is 1.